The summed E-state index contributed by atoms with van der Waals surface area (Å²) in [5, 5.41) is 8.92. The highest BCUT2D eigenvalue weighted by molar-refractivity contribution is 6.24. The third kappa shape index (κ3) is 3.83. The fraction of sp³-hybridized carbons (Fsp3) is 0. The predicted molar refractivity (Wildman–Crippen MR) is 177 cm³/mol. The molecule has 0 spiro atoms. The van der Waals surface area contributed by atoms with Crippen molar-refractivity contribution in [3.05, 3.63) is 169 Å². The molecule has 0 aliphatic rings. The minimum absolute atomic E-state index is 0.0383. The van der Waals surface area contributed by atoms with E-state index in [9.17, 15) is 4.79 Å². The van der Waals surface area contributed by atoms with Crippen LogP contribution >= 0.6 is 0 Å². The second-order valence-corrected chi connectivity index (χ2v) is 10.8. The number of carbonyl (C=O) groups is 1. The molecule has 42 heavy (non-hydrogen) atoms. The number of hydrogen-bond donors (Lipinski definition) is 0. The van der Waals surface area contributed by atoms with Gasteiger partial charge in [0.15, 0.2) is 5.78 Å². The summed E-state index contributed by atoms with van der Waals surface area (Å²) in [7, 11) is 0. The Morgan fingerprint density at radius 3 is 1.07 bits per heavy atom. The first-order valence-corrected chi connectivity index (χ1v) is 14.3. The molecule has 8 aromatic rings. The Kier molecular flexibility index (Phi) is 5.68. The van der Waals surface area contributed by atoms with Crippen LogP contribution in [0.15, 0.2) is 158 Å². The van der Waals surface area contributed by atoms with E-state index in [1.165, 1.54) is 32.7 Å². The van der Waals surface area contributed by atoms with E-state index in [0.29, 0.717) is 0 Å². The van der Waals surface area contributed by atoms with Crippen molar-refractivity contribution in [2.24, 2.45) is 0 Å². The lowest BCUT2D eigenvalue weighted by atomic mass is 9.87. The molecule has 0 saturated carbocycles. The molecular weight excluding hydrogens is 508 g/mol. The minimum atomic E-state index is 0.0383. The zero-order chi connectivity index (χ0) is 28.0. The van der Waals surface area contributed by atoms with Crippen LogP contribution in [0, 0.1) is 0 Å². The van der Waals surface area contributed by atoms with Crippen molar-refractivity contribution in [3.63, 3.8) is 0 Å². The van der Waals surface area contributed by atoms with Crippen LogP contribution in [0.3, 0.4) is 0 Å². The number of fused-ring (bicyclic) bond motifs is 4. The maximum absolute atomic E-state index is 14.4. The van der Waals surface area contributed by atoms with Crippen molar-refractivity contribution in [2.45, 2.75) is 0 Å². The molecule has 0 fully saturated rings. The Morgan fingerprint density at radius 2 is 0.619 bits per heavy atom. The van der Waals surface area contributed by atoms with Crippen LogP contribution in [0.25, 0.3) is 65.3 Å². The van der Waals surface area contributed by atoms with Gasteiger partial charge >= 0.3 is 0 Å². The standard InChI is InChI=1S/C41H26O/c42-41(39-25-23-37(33-17-5-7-19-35(33)39)31-21-9-13-27-11-1-3-15-29(27)31)40-26-24-38(34-18-6-8-20-36(34)40)32-22-10-14-28-12-2-4-16-30(28)32/h1-26H. The van der Waals surface area contributed by atoms with E-state index in [4.69, 9.17) is 0 Å². The van der Waals surface area contributed by atoms with Gasteiger partial charge in [-0.3, -0.25) is 4.79 Å². The summed E-state index contributed by atoms with van der Waals surface area (Å²) in [5.74, 6) is 0.0383. The Hall–Kier alpha value is -5.53. The fourth-order valence-corrected chi connectivity index (χ4v) is 6.53. The molecule has 0 atom stereocenters. The van der Waals surface area contributed by atoms with Crippen LogP contribution in [0.5, 0.6) is 0 Å². The van der Waals surface area contributed by atoms with Crippen LogP contribution in [0.4, 0.5) is 0 Å². The molecule has 1 heteroatoms. The second-order valence-electron chi connectivity index (χ2n) is 10.8. The zero-order valence-electron chi connectivity index (χ0n) is 22.9. The average molecular weight is 535 g/mol. The largest absolute Gasteiger partial charge is 0.289 e. The van der Waals surface area contributed by atoms with Gasteiger partial charge < -0.3 is 0 Å². The van der Waals surface area contributed by atoms with Crippen molar-refractivity contribution in [1.82, 2.24) is 0 Å². The van der Waals surface area contributed by atoms with Crippen LogP contribution in [0.2, 0.25) is 0 Å². The van der Waals surface area contributed by atoms with E-state index >= 15 is 0 Å². The van der Waals surface area contributed by atoms with Gasteiger partial charge in [-0.05, 0) is 77.5 Å². The lowest BCUT2D eigenvalue weighted by Gasteiger charge is -2.15. The number of benzene rings is 8. The van der Waals surface area contributed by atoms with Gasteiger partial charge in [-0.25, -0.2) is 0 Å². The molecule has 1 nitrogen and oxygen atoms in total. The highest BCUT2D eigenvalue weighted by Gasteiger charge is 2.19. The van der Waals surface area contributed by atoms with Gasteiger partial charge in [-0.2, -0.15) is 0 Å². The Balaban J connectivity index is 1.31. The molecule has 0 unspecified atom stereocenters. The number of hydrogen-bond acceptors (Lipinski definition) is 1. The van der Waals surface area contributed by atoms with Crippen LogP contribution in [0.1, 0.15) is 15.9 Å². The van der Waals surface area contributed by atoms with Gasteiger partial charge in [-0.15, -0.1) is 0 Å². The zero-order valence-corrected chi connectivity index (χ0v) is 22.9. The van der Waals surface area contributed by atoms with E-state index in [0.717, 1.165) is 43.8 Å². The predicted octanol–water partition coefficient (Wildman–Crippen LogP) is 10.9. The van der Waals surface area contributed by atoms with Crippen molar-refractivity contribution < 1.29 is 4.79 Å². The molecule has 0 amide bonds. The van der Waals surface area contributed by atoms with E-state index in [2.05, 4.69) is 133 Å². The van der Waals surface area contributed by atoms with Gasteiger partial charge in [0.2, 0.25) is 0 Å². The molecule has 0 saturated heterocycles. The normalized spacial score (nSPS) is 11.4. The third-order valence-corrected chi connectivity index (χ3v) is 8.50. The van der Waals surface area contributed by atoms with E-state index < -0.39 is 0 Å². The lowest BCUT2D eigenvalue weighted by molar-refractivity contribution is 0.104. The van der Waals surface area contributed by atoms with Crippen molar-refractivity contribution in [2.75, 3.05) is 0 Å². The Bertz CT molecular complexity index is 2150. The second kappa shape index (κ2) is 9.83. The summed E-state index contributed by atoms with van der Waals surface area (Å²) in [4.78, 5) is 14.4. The summed E-state index contributed by atoms with van der Waals surface area (Å²) in [6.45, 7) is 0. The number of ketones is 1. The molecule has 0 radical (unpaired) electrons. The maximum atomic E-state index is 14.4. The van der Waals surface area contributed by atoms with Gasteiger partial charge in [0.1, 0.15) is 0 Å². The monoisotopic (exact) mass is 534 g/mol. The molecular formula is C41H26O. The first-order valence-electron chi connectivity index (χ1n) is 14.3. The summed E-state index contributed by atoms with van der Waals surface area (Å²) in [5.41, 5.74) is 6.06. The smallest absolute Gasteiger partial charge is 0.194 e. The van der Waals surface area contributed by atoms with Crippen LogP contribution < -0.4 is 0 Å². The highest BCUT2D eigenvalue weighted by Crippen LogP contribution is 2.38. The minimum Gasteiger partial charge on any atom is -0.289 e. The summed E-state index contributed by atoms with van der Waals surface area (Å²) in [6.07, 6.45) is 0. The third-order valence-electron chi connectivity index (χ3n) is 8.50. The number of carbonyl (C=O) groups excluding carboxylic acids is 1. The molecule has 0 bridgehead atoms. The highest BCUT2D eigenvalue weighted by atomic mass is 16.1. The SMILES string of the molecule is O=C(c1ccc(-c2cccc3ccccc23)c2ccccc12)c1ccc(-c2cccc3ccccc23)c2ccccc12. The quantitative estimate of drug-likeness (QED) is 0.205. The van der Waals surface area contributed by atoms with Gasteiger partial charge in [0, 0.05) is 11.1 Å². The Morgan fingerprint density at radius 1 is 0.286 bits per heavy atom. The van der Waals surface area contributed by atoms with Crippen LogP contribution in [-0.4, -0.2) is 5.78 Å². The topological polar surface area (TPSA) is 17.1 Å². The van der Waals surface area contributed by atoms with Gasteiger partial charge in [0.25, 0.3) is 0 Å². The van der Waals surface area contributed by atoms with E-state index in [1.54, 1.807) is 0 Å². The first-order chi connectivity index (χ1) is 20.8. The molecule has 0 aromatic heterocycles. The summed E-state index contributed by atoms with van der Waals surface area (Å²) < 4.78 is 0. The molecule has 196 valence electrons. The first kappa shape index (κ1) is 24.3. The van der Waals surface area contributed by atoms with Crippen molar-refractivity contribution in [1.29, 1.82) is 0 Å². The van der Waals surface area contributed by atoms with E-state index in [1.807, 2.05) is 24.3 Å². The van der Waals surface area contributed by atoms with Gasteiger partial charge in [-0.1, -0.05) is 146 Å². The van der Waals surface area contributed by atoms with Gasteiger partial charge in [0.05, 0.1) is 0 Å². The number of rotatable bonds is 4. The van der Waals surface area contributed by atoms with Crippen LogP contribution in [-0.2, 0) is 0 Å². The molecule has 0 heterocycles. The Labute approximate surface area is 244 Å². The molecule has 0 aliphatic heterocycles. The van der Waals surface area contributed by atoms with E-state index in [-0.39, 0.29) is 5.78 Å². The maximum Gasteiger partial charge on any atom is 0.194 e. The van der Waals surface area contributed by atoms with Crippen molar-refractivity contribution >= 4 is 48.9 Å². The summed E-state index contributed by atoms with van der Waals surface area (Å²) >= 11 is 0. The molecule has 0 N–H and O–H groups in total. The molecule has 0 aliphatic carbocycles. The summed E-state index contributed by atoms with van der Waals surface area (Å²) in [6, 6.07) is 54.6. The molecule has 8 aromatic carbocycles. The fourth-order valence-electron chi connectivity index (χ4n) is 6.53. The molecule has 8 rings (SSSR count). The van der Waals surface area contributed by atoms with Crippen molar-refractivity contribution in [3.8, 4) is 22.3 Å². The average Bonchev–Trinajstić information content (AvgIpc) is 3.06. The lowest BCUT2D eigenvalue weighted by Crippen LogP contribution is -2.04.